The molecule has 2 aromatic rings. The normalized spacial score (nSPS) is 15.6. The van der Waals surface area contributed by atoms with E-state index in [4.69, 9.17) is 0 Å². The predicted octanol–water partition coefficient (Wildman–Crippen LogP) is 4.76. The summed E-state index contributed by atoms with van der Waals surface area (Å²) in [6, 6.07) is 2.14. The Morgan fingerprint density at radius 2 is 1.81 bits per heavy atom. The Morgan fingerprint density at radius 3 is 2.42 bits per heavy atom. The summed E-state index contributed by atoms with van der Waals surface area (Å²) in [6.45, 7) is 12.8. The molecule has 3 rings (SSSR count). The Morgan fingerprint density at radius 1 is 1.11 bits per heavy atom. The number of nitrogens with zero attached hydrogens (tertiary/aromatic N) is 6. The smallest absolute Gasteiger partial charge is 0.321 e. The Balaban J connectivity index is 1.78. The Hall–Kier alpha value is -3.94. The van der Waals surface area contributed by atoms with Crippen molar-refractivity contribution in [2.24, 2.45) is 0 Å². The van der Waals surface area contributed by atoms with E-state index in [2.05, 4.69) is 45.6 Å². The van der Waals surface area contributed by atoms with Gasteiger partial charge in [-0.2, -0.15) is 0 Å². The third-order valence-electron chi connectivity index (χ3n) is 6.58. The van der Waals surface area contributed by atoms with Crippen LogP contribution in [0.2, 0.25) is 0 Å². The molecule has 0 bridgehead atoms. The van der Waals surface area contributed by atoms with Crippen molar-refractivity contribution in [2.75, 3.05) is 39.1 Å². The van der Waals surface area contributed by atoms with E-state index in [1.807, 2.05) is 68.2 Å². The fourth-order valence-electron chi connectivity index (χ4n) is 4.35. The molecule has 2 aromatic heterocycles. The van der Waals surface area contributed by atoms with Gasteiger partial charge in [0.15, 0.2) is 5.82 Å². The van der Waals surface area contributed by atoms with E-state index >= 15 is 0 Å². The van der Waals surface area contributed by atoms with Crippen molar-refractivity contribution in [3.8, 4) is 0 Å². The number of hydrogen-bond acceptors (Lipinski definition) is 6. The molecule has 0 unspecified atom stereocenters. The average Bonchev–Trinajstić information content (AvgIpc) is 2.90. The molecule has 190 valence electrons. The van der Waals surface area contributed by atoms with Gasteiger partial charge in [-0.25, -0.2) is 4.79 Å². The van der Waals surface area contributed by atoms with Crippen LogP contribution in [0.4, 0.5) is 10.6 Å². The highest BCUT2D eigenvalue weighted by molar-refractivity contribution is 5.97. The molecule has 0 radical (unpaired) electrons. The molecule has 1 aliphatic rings. The van der Waals surface area contributed by atoms with Crippen LogP contribution in [0.5, 0.6) is 0 Å². The summed E-state index contributed by atoms with van der Waals surface area (Å²) in [7, 11) is 6.00. The molecule has 3 heterocycles. The first-order valence-electron chi connectivity index (χ1n) is 12.2. The highest BCUT2D eigenvalue weighted by Crippen LogP contribution is 2.31. The highest BCUT2D eigenvalue weighted by Gasteiger charge is 2.28. The number of piperidine rings is 1. The lowest BCUT2D eigenvalue weighted by atomic mass is 10.0. The summed E-state index contributed by atoms with van der Waals surface area (Å²) in [5.74, 6) is 0.815. The topological polar surface area (TPSA) is 77.5 Å². The molecule has 8 nitrogen and oxygen atoms in total. The Kier molecular flexibility index (Phi) is 9.00. The summed E-state index contributed by atoms with van der Waals surface area (Å²) in [4.78, 5) is 23.3. The molecule has 36 heavy (non-hydrogen) atoms. The third kappa shape index (κ3) is 5.82. The van der Waals surface area contributed by atoms with Crippen molar-refractivity contribution in [1.82, 2.24) is 30.3 Å². The number of carbonyl (C=O) groups excluding carboxylic acids is 1. The van der Waals surface area contributed by atoms with Gasteiger partial charge in [0, 0.05) is 69.1 Å². The molecule has 1 N–H and O–H groups in total. The number of nitrogens with one attached hydrogen (secondary N) is 1. The highest BCUT2D eigenvalue weighted by atomic mass is 16.2. The van der Waals surface area contributed by atoms with Gasteiger partial charge in [0.05, 0.1) is 5.70 Å². The summed E-state index contributed by atoms with van der Waals surface area (Å²) in [5, 5.41) is 14.2. The standard InChI is InChI=1S/C28H37N7O/c1-8-11-24(20(4)10-3)30-28(36)35-17-14-21(15-18-35)34(7)27-22-13-16-29-19-23(22)26(31-32-27)25(12-9-2)33(5)6/h8-13,16,19,21H,1-2,14-15,17-18H2,3-7H3,(H,30,36)/b20-10-,24-11+,25-12-. The van der Waals surface area contributed by atoms with Gasteiger partial charge < -0.3 is 20.0 Å². The number of rotatable bonds is 8. The van der Waals surface area contributed by atoms with Crippen LogP contribution in [0.1, 0.15) is 32.4 Å². The van der Waals surface area contributed by atoms with Gasteiger partial charge >= 0.3 is 6.03 Å². The minimum atomic E-state index is -0.0868. The summed E-state index contributed by atoms with van der Waals surface area (Å²) < 4.78 is 0. The van der Waals surface area contributed by atoms with E-state index in [9.17, 15) is 4.79 Å². The van der Waals surface area contributed by atoms with Gasteiger partial charge in [0.1, 0.15) is 5.69 Å². The molecular formula is C28H37N7O. The van der Waals surface area contributed by atoms with Gasteiger partial charge in [0.25, 0.3) is 0 Å². The van der Waals surface area contributed by atoms with Crippen molar-refractivity contribution in [1.29, 1.82) is 0 Å². The van der Waals surface area contributed by atoms with Crippen LogP contribution in [0.15, 0.2) is 73.3 Å². The van der Waals surface area contributed by atoms with Crippen molar-refractivity contribution >= 4 is 28.3 Å². The minimum absolute atomic E-state index is 0.0868. The molecular weight excluding hydrogens is 450 g/mol. The largest absolute Gasteiger partial charge is 0.376 e. The lowest BCUT2D eigenvalue weighted by Crippen LogP contribution is -2.49. The molecule has 1 fully saturated rings. The first-order chi connectivity index (χ1) is 17.3. The number of allylic oxidation sites excluding steroid dienone is 6. The van der Waals surface area contributed by atoms with Gasteiger partial charge in [0.2, 0.25) is 0 Å². The SMILES string of the molecule is C=C/C=C(/c1nnc(N(C)C2CCN(C(=O)NC(=C/C=C)/C(C)=C\C)CC2)c2ccncc12)N(C)C. The number of amides is 2. The number of likely N-dealkylation sites (tertiary alicyclic amines) is 1. The fourth-order valence-corrected chi connectivity index (χ4v) is 4.35. The first kappa shape index (κ1) is 26.7. The molecule has 0 saturated carbocycles. The van der Waals surface area contributed by atoms with Crippen molar-refractivity contribution in [3.05, 3.63) is 79.0 Å². The van der Waals surface area contributed by atoms with E-state index < -0.39 is 0 Å². The van der Waals surface area contributed by atoms with Crippen molar-refractivity contribution < 1.29 is 4.79 Å². The monoisotopic (exact) mass is 487 g/mol. The van der Waals surface area contributed by atoms with E-state index in [0.29, 0.717) is 13.1 Å². The van der Waals surface area contributed by atoms with Crippen LogP contribution >= 0.6 is 0 Å². The number of fused-ring (bicyclic) bond motifs is 1. The zero-order chi connectivity index (χ0) is 26.2. The second-order valence-corrected chi connectivity index (χ2v) is 9.02. The molecule has 0 aliphatic carbocycles. The van der Waals surface area contributed by atoms with E-state index in [0.717, 1.165) is 52.1 Å². The van der Waals surface area contributed by atoms with Crippen molar-refractivity contribution in [2.45, 2.75) is 32.7 Å². The van der Waals surface area contributed by atoms with E-state index in [-0.39, 0.29) is 12.1 Å². The van der Waals surface area contributed by atoms with Crippen LogP contribution in [0, 0.1) is 0 Å². The van der Waals surface area contributed by atoms with Crippen LogP contribution in [0.25, 0.3) is 16.5 Å². The first-order valence-corrected chi connectivity index (χ1v) is 12.2. The Bertz CT molecular complexity index is 1200. The maximum Gasteiger partial charge on any atom is 0.321 e. The number of aromatic nitrogens is 3. The summed E-state index contributed by atoms with van der Waals surface area (Å²) in [6.07, 6.45) is 14.4. The predicted molar refractivity (Wildman–Crippen MR) is 148 cm³/mol. The second kappa shape index (κ2) is 12.2. The van der Waals surface area contributed by atoms with Crippen LogP contribution < -0.4 is 10.2 Å². The number of urea groups is 1. The van der Waals surface area contributed by atoms with Gasteiger partial charge in [-0.1, -0.05) is 31.4 Å². The maximum absolute atomic E-state index is 12.9. The van der Waals surface area contributed by atoms with Crippen LogP contribution in [-0.4, -0.2) is 71.3 Å². The average molecular weight is 488 g/mol. The van der Waals surface area contributed by atoms with Crippen LogP contribution in [-0.2, 0) is 0 Å². The number of pyridine rings is 1. The van der Waals surface area contributed by atoms with E-state index in [1.54, 1.807) is 18.3 Å². The van der Waals surface area contributed by atoms with E-state index in [1.165, 1.54) is 0 Å². The fraction of sp³-hybridized carbons (Fsp3) is 0.357. The molecule has 0 spiro atoms. The number of carbonyl (C=O) groups is 1. The third-order valence-corrected chi connectivity index (χ3v) is 6.58. The molecule has 0 atom stereocenters. The number of anilines is 1. The lowest BCUT2D eigenvalue weighted by Gasteiger charge is -2.37. The summed E-state index contributed by atoms with van der Waals surface area (Å²) >= 11 is 0. The van der Waals surface area contributed by atoms with Gasteiger partial charge in [-0.05, 0) is 50.5 Å². The molecule has 0 aromatic carbocycles. The molecule has 2 amide bonds. The van der Waals surface area contributed by atoms with Gasteiger partial charge in [-0.15, -0.1) is 10.2 Å². The quantitative estimate of drug-likeness (QED) is 0.541. The maximum atomic E-state index is 12.9. The number of hydrogen-bond donors (Lipinski definition) is 1. The van der Waals surface area contributed by atoms with Gasteiger partial charge in [-0.3, -0.25) is 4.98 Å². The minimum Gasteiger partial charge on any atom is -0.376 e. The van der Waals surface area contributed by atoms with Crippen molar-refractivity contribution in [3.63, 3.8) is 0 Å². The summed E-state index contributed by atoms with van der Waals surface area (Å²) in [5.41, 5.74) is 3.46. The van der Waals surface area contributed by atoms with Crippen LogP contribution in [0.3, 0.4) is 0 Å². The zero-order valence-electron chi connectivity index (χ0n) is 22.0. The second-order valence-electron chi connectivity index (χ2n) is 9.02. The molecule has 8 heteroatoms. The zero-order valence-corrected chi connectivity index (χ0v) is 22.0. The molecule has 1 aliphatic heterocycles. The lowest BCUT2D eigenvalue weighted by molar-refractivity contribution is 0.184. The Labute approximate surface area is 214 Å². The molecule has 1 saturated heterocycles.